The fourth-order valence-corrected chi connectivity index (χ4v) is 6.41. The highest BCUT2D eigenvalue weighted by atomic mass is 32.2. The molecule has 2 saturated carbocycles. The minimum Gasteiger partial charge on any atom is -0.508 e. The number of benzene rings is 1. The van der Waals surface area contributed by atoms with E-state index in [1.165, 1.54) is 17.5 Å². The summed E-state index contributed by atoms with van der Waals surface area (Å²) in [5, 5.41) is 10.4. The van der Waals surface area contributed by atoms with Gasteiger partial charge in [-0.1, -0.05) is 19.9 Å². The van der Waals surface area contributed by atoms with Gasteiger partial charge in [0.1, 0.15) is 11.5 Å². The van der Waals surface area contributed by atoms with E-state index >= 15 is 0 Å². The first-order chi connectivity index (χ1) is 11.5. The van der Waals surface area contributed by atoms with E-state index in [2.05, 4.69) is 19.9 Å². The zero-order valence-corrected chi connectivity index (χ0v) is 15.6. The third-order valence-electron chi connectivity index (χ3n) is 7.09. The van der Waals surface area contributed by atoms with Crippen molar-refractivity contribution in [2.45, 2.75) is 64.0 Å². The first-order valence-corrected chi connectivity index (χ1v) is 10.7. The summed E-state index contributed by atoms with van der Waals surface area (Å²) in [6.45, 7) is 4.40. The number of hydrogen-bond acceptors (Lipinski definition) is 3. The number of phenolic OH excluding ortho intramolecular Hbond substituents is 1. The summed E-state index contributed by atoms with van der Waals surface area (Å²) >= 11 is 1.87. The van der Waals surface area contributed by atoms with Crippen molar-refractivity contribution in [3.63, 3.8) is 0 Å². The van der Waals surface area contributed by atoms with Gasteiger partial charge in [-0.15, -0.1) is 0 Å². The van der Waals surface area contributed by atoms with Crippen LogP contribution in [0.2, 0.25) is 0 Å². The Morgan fingerprint density at radius 2 is 2.08 bits per heavy atom. The Morgan fingerprint density at radius 1 is 1.25 bits per heavy atom. The summed E-state index contributed by atoms with van der Waals surface area (Å²) in [6, 6.07) is 4.33. The van der Waals surface area contributed by atoms with Crippen LogP contribution in [0.15, 0.2) is 12.1 Å². The van der Waals surface area contributed by atoms with Crippen molar-refractivity contribution < 1.29 is 9.90 Å². The Bertz CT molecular complexity index is 668. The predicted molar refractivity (Wildman–Crippen MR) is 99.6 cm³/mol. The van der Waals surface area contributed by atoms with Crippen molar-refractivity contribution >= 4 is 17.5 Å². The molecule has 0 heterocycles. The first-order valence-electron chi connectivity index (χ1n) is 9.50. The van der Waals surface area contributed by atoms with Crippen molar-refractivity contribution in [3.05, 3.63) is 28.8 Å². The van der Waals surface area contributed by atoms with E-state index in [0.717, 1.165) is 49.2 Å². The molecule has 0 amide bonds. The topological polar surface area (TPSA) is 37.3 Å². The molecule has 3 aliphatic carbocycles. The van der Waals surface area contributed by atoms with Gasteiger partial charge in [-0.05, 0) is 72.8 Å². The maximum absolute atomic E-state index is 12.4. The minimum atomic E-state index is -0.0452. The smallest absolute Gasteiger partial charge is 0.139 e. The lowest BCUT2D eigenvalue weighted by Crippen LogP contribution is -2.42. The average Bonchev–Trinajstić information content (AvgIpc) is 2.88. The molecule has 0 unspecified atom stereocenters. The minimum absolute atomic E-state index is 0.0452. The van der Waals surface area contributed by atoms with Gasteiger partial charge in [-0.25, -0.2) is 0 Å². The quantitative estimate of drug-likeness (QED) is 0.832. The Labute approximate surface area is 149 Å². The fourth-order valence-electron chi connectivity index (χ4n) is 5.75. The number of phenols is 1. The molecule has 0 radical (unpaired) electrons. The van der Waals surface area contributed by atoms with Crippen molar-refractivity contribution in [1.82, 2.24) is 0 Å². The highest BCUT2D eigenvalue weighted by Crippen LogP contribution is 2.59. The number of hydrogen-bond donors (Lipinski definition) is 1. The molecule has 0 saturated heterocycles. The van der Waals surface area contributed by atoms with E-state index in [1.807, 2.05) is 17.8 Å². The van der Waals surface area contributed by atoms with E-state index in [4.69, 9.17) is 0 Å². The number of aryl methyl sites for hydroxylation is 1. The molecular weight excluding hydrogens is 316 g/mol. The maximum Gasteiger partial charge on any atom is 0.139 e. The van der Waals surface area contributed by atoms with Crippen LogP contribution < -0.4 is 0 Å². The van der Waals surface area contributed by atoms with Crippen LogP contribution in [-0.4, -0.2) is 16.6 Å². The molecule has 1 N–H and O–H groups in total. The molecule has 1 aromatic carbocycles. The number of thioether (sulfide) groups is 1. The molecule has 0 aliphatic heterocycles. The largest absolute Gasteiger partial charge is 0.508 e. The van der Waals surface area contributed by atoms with Crippen molar-refractivity contribution in [2.24, 2.45) is 17.3 Å². The molecule has 0 aromatic heterocycles. The predicted octanol–water partition coefficient (Wildman–Crippen LogP) is 5.07. The molecule has 2 fully saturated rings. The van der Waals surface area contributed by atoms with Crippen LogP contribution in [-0.2, 0) is 17.0 Å². The number of rotatable bonds is 3. The van der Waals surface area contributed by atoms with Gasteiger partial charge in [0, 0.05) is 23.2 Å². The van der Waals surface area contributed by atoms with Crippen LogP contribution in [0.5, 0.6) is 5.75 Å². The zero-order chi connectivity index (χ0) is 16.9. The Kier molecular flexibility index (Phi) is 4.19. The van der Waals surface area contributed by atoms with Gasteiger partial charge in [0.25, 0.3) is 0 Å². The number of aromatic hydroxyl groups is 1. The van der Waals surface area contributed by atoms with Crippen LogP contribution in [0, 0.1) is 17.3 Å². The molecule has 3 aliphatic rings. The lowest BCUT2D eigenvalue weighted by atomic mass is 9.55. The van der Waals surface area contributed by atoms with Crippen molar-refractivity contribution in [1.29, 1.82) is 0 Å². The zero-order valence-electron chi connectivity index (χ0n) is 14.8. The van der Waals surface area contributed by atoms with Crippen LogP contribution >= 0.6 is 11.8 Å². The monoisotopic (exact) mass is 344 g/mol. The Hall–Kier alpha value is -0.960. The molecule has 24 heavy (non-hydrogen) atoms. The molecule has 130 valence electrons. The molecule has 0 spiro atoms. The van der Waals surface area contributed by atoms with Crippen molar-refractivity contribution in [2.75, 3.05) is 5.75 Å². The maximum atomic E-state index is 12.4. The SMILES string of the molecule is CCSCc1cc2c(cc1O)CC[C@@H]1[C@@H]2CC[C@]2(C)C(=O)CC[C@@H]12. The van der Waals surface area contributed by atoms with Crippen LogP contribution in [0.25, 0.3) is 0 Å². The number of carbonyl (C=O) groups excluding carboxylic acids is 1. The van der Waals surface area contributed by atoms with E-state index in [9.17, 15) is 9.90 Å². The third kappa shape index (κ3) is 2.42. The second-order valence-corrected chi connectivity index (χ2v) is 9.42. The van der Waals surface area contributed by atoms with Gasteiger partial charge in [0.2, 0.25) is 0 Å². The van der Waals surface area contributed by atoms with E-state index in [1.54, 1.807) is 0 Å². The molecule has 1 aromatic rings. The third-order valence-corrected chi connectivity index (χ3v) is 8.02. The summed E-state index contributed by atoms with van der Waals surface area (Å²) in [5.41, 5.74) is 3.89. The normalized spacial score (nSPS) is 34.6. The van der Waals surface area contributed by atoms with Gasteiger partial charge < -0.3 is 5.11 Å². The summed E-state index contributed by atoms with van der Waals surface area (Å²) in [5.74, 6) is 4.81. The summed E-state index contributed by atoms with van der Waals surface area (Å²) < 4.78 is 0. The highest BCUT2D eigenvalue weighted by molar-refractivity contribution is 7.98. The first kappa shape index (κ1) is 16.5. The van der Waals surface area contributed by atoms with Gasteiger partial charge in [-0.3, -0.25) is 4.79 Å². The second kappa shape index (κ2) is 6.09. The molecule has 3 heteroatoms. The summed E-state index contributed by atoms with van der Waals surface area (Å²) in [6.07, 6.45) is 6.34. The summed E-state index contributed by atoms with van der Waals surface area (Å²) in [4.78, 5) is 12.4. The number of carbonyl (C=O) groups is 1. The molecular formula is C21H28O2S. The van der Waals surface area contributed by atoms with E-state index < -0.39 is 0 Å². The van der Waals surface area contributed by atoms with Gasteiger partial charge in [0.05, 0.1) is 0 Å². The molecule has 4 rings (SSSR count). The van der Waals surface area contributed by atoms with Crippen LogP contribution in [0.4, 0.5) is 0 Å². The standard InChI is InChI=1S/C21H28O2S/c1-3-24-12-14-10-17-13(11-19(14)22)4-5-16-15(17)8-9-21(2)18(16)6-7-20(21)23/h10-11,15-16,18,22H,3-9,12H2,1-2H3/t15-,16+,18-,21-/m0/s1. The molecule has 0 bridgehead atoms. The molecule has 2 nitrogen and oxygen atoms in total. The van der Waals surface area contributed by atoms with Gasteiger partial charge >= 0.3 is 0 Å². The lowest BCUT2D eigenvalue weighted by Gasteiger charge is -2.48. The second-order valence-electron chi connectivity index (χ2n) is 8.15. The van der Waals surface area contributed by atoms with Crippen LogP contribution in [0.1, 0.15) is 68.6 Å². The average molecular weight is 345 g/mol. The number of Topliss-reactive ketones (excluding diaryl/α,β-unsaturated/α-hetero) is 1. The van der Waals surface area contributed by atoms with Gasteiger partial charge in [0.15, 0.2) is 0 Å². The van der Waals surface area contributed by atoms with E-state index in [0.29, 0.717) is 29.3 Å². The lowest BCUT2D eigenvalue weighted by molar-refractivity contribution is -0.129. The highest BCUT2D eigenvalue weighted by Gasteiger charge is 2.54. The van der Waals surface area contributed by atoms with Gasteiger partial charge in [-0.2, -0.15) is 11.8 Å². The Morgan fingerprint density at radius 3 is 2.88 bits per heavy atom. The Balaban J connectivity index is 1.68. The number of ketones is 1. The van der Waals surface area contributed by atoms with E-state index in [-0.39, 0.29) is 5.41 Å². The summed E-state index contributed by atoms with van der Waals surface area (Å²) in [7, 11) is 0. The molecule has 4 atom stereocenters. The number of fused-ring (bicyclic) bond motifs is 5. The van der Waals surface area contributed by atoms with Crippen molar-refractivity contribution in [3.8, 4) is 5.75 Å². The fraction of sp³-hybridized carbons (Fsp3) is 0.667. The van der Waals surface area contributed by atoms with Crippen LogP contribution in [0.3, 0.4) is 0 Å².